The maximum absolute atomic E-state index is 12.5. The number of benzene rings is 1. The molecule has 0 saturated heterocycles. The number of nitrogens with two attached hydrogens (primary N) is 1. The number of carbonyl (C=O) groups excluding carboxylic acids is 1. The summed E-state index contributed by atoms with van der Waals surface area (Å²) >= 11 is 0. The Labute approximate surface area is 127 Å². The van der Waals surface area contributed by atoms with Gasteiger partial charge in [-0.1, -0.05) is 31.5 Å². The van der Waals surface area contributed by atoms with Crippen LogP contribution in [0, 0.1) is 0 Å². The summed E-state index contributed by atoms with van der Waals surface area (Å²) in [5.41, 5.74) is 6.03. The Bertz CT molecular complexity index is 523. The normalized spacial score (nSPS) is 22.6. The monoisotopic (exact) mass is 290 g/mol. The van der Waals surface area contributed by atoms with Crippen molar-refractivity contribution >= 4 is 5.91 Å². The van der Waals surface area contributed by atoms with Crippen molar-refractivity contribution in [2.24, 2.45) is 5.73 Å². The highest BCUT2D eigenvalue weighted by Crippen LogP contribution is 2.39. The summed E-state index contributed by atoms with van der Waals surface area (Å²) in [5.74, 6) is 0.745. The molecular weight excluding hydrogens is 264 g/mol. The average Bonchev–Trinajstić information content (AvgIpc) is 2.37. The van der Waals surface area contributed by atoms with E-state index >= 15 is 0 Å². The number of carbonyl (C=O) groups is 1. The summed E-state index contributed by atoms with van der Waals surface area (Å²) < 4.78 is 5.98. The third kappa shape index (κ3) is 3.56. The van der Waals surface area contributed by atoms with E-state index in [2.05, 4.69) is 5.32 Å². The molecule has 4 nitrogen and oxygen atoms in total. The van der Waals surface area contributed by atoms with Crippen LogP contribution in [0.2, 0.25) is 0 Å². The summed E-state index contributed by atoms with van der Waals surface area (Å²) in [6, 6.07) is 7.81. The van der Waals surface area contributed by atoms with Gasteiger partial charge >= 0.3 is 0 Å². The molecule has 2 atom stereocenters. The van der Waals surface area contributed by atoms with Gasteiger partial charge < -0.3 is 15.8 Å². The summed E-state index contributed by atoms with van der Waals surface area (Å²) in [6.45, 7) is 7.90. The van der Waals surface area contributed by atoms with Gasteiger partial charge in [-0.2, -0.15) is 0 Å². The number of rotatable bonds is 4. The third-order valence-electron chi connectivity index (χ3n) is 3.97. The second-order valence-corrected chi connectivity index (χ2v) is 6.80. The van der Waals surface area contributed by atoms with Crippen LogP contribution in [0.5, 0.6) is 5.75 Å². The first-order chi connectivity index (χ1) is 9.75. The lowest BCUT2D eigenvalue weighted by Crippen LogP contribution is -2.53. The van der Waals surface area contributed by atoms with E-state index < -0.39 is 5.54 Å². The topological polar surface area (TPSA) is 64.4 Å². The minimum atomic E-state index is -0.827. The summed E-state index contributed by atoms with van der Waals surface area (Å²) in [7, 11) is 0. The summed E-state index contributed by atoms with van der Waals surface area (Å²) in [4.78, 5) is 12.5. The maximum atomic E-state index is 12.5. The van der Waals surface area contributed by atoms with Crippen LogP contribution in [0.4, 0.5) is 0 Å². The van der Waals surface area contributed by atoms with Gasteiger partial charge in [0.2, 0.25) is 5.91 Å². The number of nitrogens with one attached hydrogen (secondary N) is 1. The van der Waals surface area contributed by atoms with Crippen molar-refractivity contribution in [1.29, 1.82) is 0 Å². The van der Waals surface area contributed by atoms with Crippen molar-refractivity contribution in [3.63, 3.8) is 0 Å². The van der Waals surface area contributed by atoms with Crippen LogP contribution in [-0.4, -0.2) is 17.0 Å². The first-order valence-electron chi connectivity index (χ1n) is 7.63. The van der Waals surface area contributed by atoms with Gasteiger partial charge in [-0.05, 0) is 33.3 Å². The van der Waals surface area contributed by atoms with Crippen molar-refractivity contribution in [2.75, 3.05) is 0 Å². The molecule has 1 aliphatic rings. The van der Waals surface area contributed by atoms with Crippen molar-refractivity contribution in [2.45, 2.75) is 64.1 Å². The standard InChI is InChI=1S/C17H26N2O2/c1-5-10-17(4,18)15(20)19-13-11-16(2,3)21-14-9-7-6-8-12(13)14/h6-9,13H,5,10-11,18H2,1-4H3,(H,19,20). The molecule has 1 heterocycles. The van der Waals surface area contributed by atoms with E-state index in [-0.39, 0.29) is 17.6 Å². The smallest absolute Gasteiger partial charge is 0.240 e. The second kappa shape index (κ2) is 5.68. The first-order valence-corrected chi connectivity index (χ1v) is 7.63. The van der Waals surface area contributed by atoms with E-state index in [1.165, 1.54) is 0 Å². The van der Waals surface area contributed by atoms with Gasteiger partial charge in [0.25, 0.3) is 0 Å². The molecule has 2 unspecified atom stereocenters. The van der Waals surface area contributed by atoms with Gasteiger partial charge in [0, 0.05) is 12.0 Å². The van der Waals surface area contributed by atoms with E-state index in [9.17, 15) is 4.79 Å². The Morgan fingerprint density at radius 3 is 2.81 bits per heavy atom. The lowest BCUT2D eigenvalue weighted by Gasteiger charge is -2.39. The molecule has 1 amide bonds. The molecule has 0 radical (unpaired) electrons. The Morgan fingerprint density at radius 1 is 1.48 bits per heavy atom. The zero-order valence-corrected chi connectivity index (χ0v) is 13.4. The first kappa shape index (κ1) is 15.8. The highest BCUT2D eigenvalue weighted by atomic mass is 16.5. The van der Waals surface area contributed by atoms with E-state index in [1.807, 2.05) is 45.0 Å². The molecule has 0 bridgehead atoms. The molecule has 1 aliphatic heterocycles. The quantitative estimate of drug-likeness (QED) is 0.896. The predicted octanol–water partition coefficient (Wildman–Crippen LogP) is 2.92. The van der Waals surface area contributed by atoms with Crippen molar-refractivity contribution < 1.29 is 9.53 Å². The fourth-order valence-corrected chi connectivity index (χ4v) is 2.89. The Kier molecular flexibility index (Phi) is 4.28. The fraction of sp³-hybridized carbons (Fsp3) is 0.588. The lowest BCUT2D eigenvalue weighted by atomic mass is 9.88. The number of hydrogen-bond acceptors (Lipinski definition) is 3. The SMILES string of the molecule is CCCC(C)(N)C(=O)NC1CC(C)(C)Oc2ccccc21. The van der Waals surface area contributed by atoms with E-state index in [0.717, 1.165) is 24.2 Å². The molecule has 116 valence electrons. The molecule has 0 spiro atoms. The minimum absolute atomic E-state index is 0.0582. The number of amides is 1. The molecule has 0 aliphatic carbocycles. The second-order valence-electron chi connectivity index (χ2n) is 6.80. The van der Waals surface area contributed by atoms with E-state index in [1.54, 1.807) is 6.92 Å². The molecule has 0 fully saturated rings. The van der Waals surface area contributed by atoms with Gasteiger partial charge in [0.15, 0.2) is 0 Å². The zero-order valence-electron chi connectivity index (χ0n) is 13.4. The fourth-order valence-electron chi connectivity index (χ4n) is 2.89. The van der Waals surface area contributed by atoms with Gasteiger partial charge in [0.1, 0.15) is 11.4 Å². The van der Waals surface area contributed by atoms with Crippen LogP contribution >= 0.6 is 0 Å². The van der Waals surface area contributed by atoms with Crippen LogP contribution in [0.1, 0.15) is 58.6 Å². The van der Waals surface area contributed by atoms with Crippen LogP contribution in [0.25, 0.3) is 0 Å². The third-order valence-corrected chi connectivity index (χ3v) is 3.97. The number of ether oxygens (including phenoxy) is 1. The molecule has 4 heteroatoms. The van der Waals surface area contributed by atoms with Gasteiger partial charge in [-0.25, -0.2) is 0 Å². The molecule has 0 aromatic heterocycles. The van der Waals surface area contributed by atoms with E-state index in [4.69, 9.17) is 10.5 Å². The van der Waals surface area contributed by atoms with Gasteiger partial charge in [-0.3, -0.25) is 4.79 Å². The largest absolute Gasteiger partial charge is 0.487 e. The predicted molar refractivity (Wildman–Crippen MR) is 84.2 cm³/mol. The Balaban J connectivity index is 2.22. The molecule has 2 rings (SSSR count). The number of hydrogen-bond donors (Lipinski definition) is 2. The highest BCUT2D eigenvalue weighted by Gasteiger charge is 2.37. The molecule has 1 aromatic rings. The highest BCUT2D eigenvalue weighted by molar-refractivity contribution is 5.86. The van der Waals surface area contributed by atoms with Crippen molar-refractivity contribution in [3.05, 3.63) is 29.8 Å². The van der Waals surface area contributed by atoms with Crippen LogP contribution in [0.3, 0.4) is 0 Å². The maximum Gasteiger partial charge on any atom is 0.240 e. The molecule has 3 N–H and O–H groups in total. The van der Waals surface area contributed by atoms with Crippen molar-refractivity contribution in [1.82, 2.24) is 5.32 Å². The number of fused-ring (bicyclic) bond motifs is 1. The Hall–Kier alpha value is -1.55. The molecular formula is C17H26N2O2. The van der Waals surface area contributed by atoms with Gasteiger partial charge in [0.05, 0.1) is 11.6 Å². The summed E-state index contributed by atoms with van der Waals surface area (Å²) in [6.07, 6.45) is 2.29. The molecule has 0 saturated carbocycles. The lowest BCUT2D eigenvalue weighted by molar-refractivity contribution is -0.127. The summed E-state index contributed by atoms with van der Waals surface area (Å²) in [5, 5.41) is 3.11. The molecule has 1 aromatic carbocycles. The van der Waals surface area contributed by atoms with Crippen LogP contribution in [0.15, 0.2) is 24.3 Å². The van der Waals surface area contributed by atoms with Crippen molar-refractivity contribution in [3.8, 4) is 5.75 Å². The molecule has 21 heavy (non-hydrogen) atoms. The van der Waals surface area contributed by atoms with Crippen LogP contribution in [-0.2, 0) is 4.79 Å². The number of para-hydroxylation sites is 1. The van der Waals surface area contributed by atoms with Crippen LogP contribution < -0.4 is 15.8 Å². The van der Waals surface area contributed by atoms with E-state index in [0.29, 0.717) is 6.42 Å². The Morgan fingerprint density at radius 2 is 2.14 bits per heavy atom. The minimum Gasteiger partial charge on any atom is -0.487 e. The van der Waals surface area contributed by atoms with Gasteiger partial charge in [-0.15, -0.1) is 0 Å². The zero-order chi connectivity index (χ0) is 15.7. The average molecular weight is 290 g/mol.